The predicted octanol–water partition coefficient (Wildman–Crippen LogP) is 5.05. The summed E-state index contributed by atoms with van der Waals surface area (Å²) in [6.45, 7) is 2.66. The second-order valence-electron chi connectivity index (χ2n) is 6.21. The summed E-state index contributed by atoms with van der Waals surface area (Å²) in [4.78, 5) is 0. The van der Waals surface area contributed by atoms with Gasteiger partial charge in [-0.3, -0.25) is 0 Å². The van der Waals surface area contributed by atoms with Crippen LogP contribution in [-0.2, 0) is 0 Å². The van der Waals surface area contributed by atoms with Crippen molar-refractivity contribution < 1.29 is 9.13 Å². The number of anilines is 1. The molecule has 3 atom stereocenters. The molecule has 23 heavy (non-hydrogen) atoms. The summed E-state index contributed by atoms with van der Waals surface area (Å²) in [5, 5.41) is 3.62. The Bertz CT molecular complexity index is 755. The fraction of sp³-hybridized carbons (Fsp3) is 0.300. The van der Waals surface area contributed by atoms with Gasteiger partial charge in [0.1, 0.15) is 11.6 Å². The Morgan fingerprint density at radius 2 is 2.13 bits per heavy atom. The van der Waals surface area contributed by atoms with Crippen molar-refractivity contribution >= 4 is 5.69 Å². The van der Waals surface area contributed by atoms with Crippen LogP contribution in [0.5, 0.6) is 5.75 Å². The van der Waals surface area contributed by atoms with Crippen LogP contribution < -0.4 is 10.1 Å². The third-order valence-electron chi connectivity index (χ3n) is 4.85. The zero-order chi connectivity index (χ0) is 15.8. The minimum Gasteiger partial charge on any atom is -0.494 e. The highest BCUT2D eigenvalue weighted by atomic mass is 19.1. The fourth-order valence-corrected chi connectivity index (χ4v) is 3.86. The summed E-state index contributed by atoms with van der Waals surface area (Å²) in [5.41, 5.74) is 3.42. The Balaban J connectivity index is 1.74. The molecule has 2 aromatic rings. The molecule has 0 aromatic heterocycles. The summed E-state index contributed by atoms with van der Waals surface area (Å²) in [6.07, 6.45) is 5.54. The third kappa shape index (κ3) is 2.50. The highest BCUT2D eigenvalue weighted by Crippen LogP contribution is 2.50. The standard InChI is InChI=1S/C20H20FNO/c1-2-23-15-9-10-19-18(12-15)16-7-4-8-17(16)20(22-19)13-5-3-6-14(21)11-13/h3-7,9-12,16-17,20,22H,2,8H2,1H3/t16-,17+,20+/m1/s1. The number of fused-ring (bicyclic) bond motifs is 3. The largest absolute Gasteiger partial charge is 0.494 e. The van der Waals surface area contributed by atoms with E-state index in [1.165, 1.54) is 11.6 Å². The zero-order valence-corrected chi connectivity index (χ0v) is 13.1. The van der Waals surface area contributed by atoms with Crippen LogP contribution >= 0.6 is 0 Å². The van der Waals surface area contributed by atoms with Crippen molar-refractivity contribution in [3.05, 3.63) is 71.6 Å². The number of hydrogen-bond donors (Lipinski definition) is 1. The molecule has 0 saturated heterocycles. The summed E-state index contributed by atoms with van der Waals surface area (Å²) in [5.74, 6) is 1.52. The van der Waals surface area contributed by atoms with Gasteiger partial charge in [-0.05, 0) is 60.7 Å². The quantitative estimate of drug-likeness (QED) is 0.801. The minimum atomic E-state index is -0.177. The molecule has 2 aromatic carbocycles. The molecule has 0 amide bonds. The fourth-order valence-electron chi connectivity index (χ4n) is 3.86. The number of halogens is 1. The minimum absolute atomic E-state index is 0.135. The molecule has 3 heteroatoms. The van der Waals surface area contributed by atoms with Gasteiger partial charge >= 0.3 is 0 Å². The number of hydrogen-bond acceptors (Lipinski definition) is 2. The molecule has 0 radical (unpaired) electrons. The van der Waals surface area contributed by atoms with E-state index in [2.05, 4.69) is 29.6 Å². The van der Waals surface area contributed by atoms with Crippen molar-refractivity contribution in [2.45, 2.75) is 25.3 Å². The first-order chi connectivity index (χ1) is 11.3. The number of rotatable bonds is 3. The molecule has 1 aliphatic heterocycles. The van der Waals surface area contributed by atoms with E-state index in [0.717, 1.165) is 23.4 Å². The lowest BCUT2D eigenvalue weighted by molar-refractivity contribution is 0.338. The van der Waals surface area contributed by atoms with Gasteiger partial charge in [-0.25, -0.2) is 4.39 Å². The Hall–Kier alpha value is -2.29. The number of allylic oxidation sites excluding steroid dienone is 2. The zero-order valence-electron chi connectivity index (χ0n) is 13.1. The molecule has 0 spiro atoms. The Labute approximate surface area is 136 Å². The highest BCUT2D eigenvalue weighted by molar-refractivity contribution is 5.61. The van der Waals surface area contributed by atoms with Gasteiger partial charge in [0.15, 0.2) is 0 Å². The molecular formula is C20H20FNO. The van der Waals surface area contributed by atoms with Crippen LogP contribution in [0.1, 0.15) is 36.4 Å². The van der Waals surface area contributed by atoms with Gasteiger partial charge in [-0.2, -0.15) is 0 Å². The third-order valence-corrected chi connectivity index (χ3v) is 4.85. The van der Waals surface area contributed by atoms with E-state index in [4.69, 9.17) is 4.74 Å². The van der Waals surface area contributed by atoms with Crippen LogP contribution in [0, 0.1) is 11.7 Å². The van der Waals surface area contributed by atoms with Gasteiger partial charge in [0.25, 0.3) is 0 Å². The first-order valence-electron chi connectivity index (χ1n) is 8.21. The molecule has 0 bridgehead atoms. The van der Waals surface area contributed by atoms with Crippen LogP contribution in [0.3, 0.4) is 0 Å². The van der Waals surface area contributed by atoms with Crippen LogP contribution in [0.2, 0.25) is 0 Å². The second-order valence-corrected chi connectivity index (χ2v) is 6.21. The summed E-state index contributed by atoms with van der Waals surface area (Å²) in [7, 11) is 0. The van der Waals surface area contributed by atoms with Gasteiger partial charge < -0.3 is 10.1 Å². The Kier molecular flexibility index (Phi) is 3.56. The van der Waals surface area contributed by atoms with E-state index < -0.39 is 0 Å². The molecule has 0 fully saturated rings. The average Bonchev–Trinajstić information content (AvgIpc) is 3.04. The summed E-state index contributed by atoms with van der Waals surface area (Å²) in [6, 6.07) is 13.3. The van der Waals surface area contributed by atoms with E-state index in [1.807, 2.05) is 19.1 Å². The molecule has 0 saturated carbocycles. The lowest BCUT2D eigenvalue weighted by atomic mass is 9.77. The smallest absolute Gasteiger partial charge is 0.123 e. The van der Waals surface area contributed by atoms with Gasteiger partial charge in [0.05, 0.1) is 12.6 Å². The number of ether oxygens (including phenoxy) is 1. The molecule has 4 rings (SSSR count). The summed E-state index contributed by atoms with van der Waals surface area (Å²) < 4.78 is 19.3. The van der Waals surface area contributed by atoms with Crippen LogP contribution in [0.4, 0.5) is 10.1 Å². The van der Waals surface area contributed by atoms with E-state index in [9.17, 15) is 4.39 Å². The first kappa shape index (κ1) is 14.3. The molecule has 2 nitrogen and oxygen atoms in total. The van der Waals surface area contributed by atoms with Crippen LogP contribution in [-0.4, -0.2) is 6.61 Å². The van der Waals surface area contributed by atoms with Gasteiger partial charge in [-0.1, -0.05) is 24.3 Å². The predicted molar refractivity (Wildman–Crippen MR) is 90.4 cm³/mol. The van der Waals surface area contributed by atoms with E-state index in [1.54, 1.807) is 12.1 Å². The monoisotopic (exact) mass is 309 g/mol. The number of nitrogens with one attached hydrogen (secondary N) is 1. The number of benzene rings is 2. The molecule has 1 heterocycles. The van der Waals surface area contributed by atoms with Crippen molar-refractivity contribution in [3.63, 3.8) is 0 Å². The average molecular weight is 309 g/mol. The van der Waals surface area contributed by atoms with Gasteiger partial charge in [0.2, 0.25) is 0 Å². The molecule has 118 valence electrons. The Morgan fingerprint density at radius 3 is 2.96 bits per heavy atom. The maximum Gasteiger partial charge on any atom is 0.123 e. The summed E-state index contributed by atoms with van der Waals surface area (Å²) >= 11 is 0. The normalized spacial score (nSPS) is 24.7. The molecule has 1 N–H and O–H groups in total. The van der Waals surface area contributed by atoms with E-state index in [0.29, 0.717) is 18.4 Å². The lowest BCUT2D eigenvalue weighted by Gasteiger charge is -2.37. The first-order valence-corrected chi connectivity index (χ1v) is 8.21. The topological polar surface area (TPSA) is 21.3 Å². The van der Waals surface area contributed by atoms with Crippen molar-refractivity contribution in [3.8, 4) is 5.75 Å². The molecular weight excluding hydrogens is 289 g/mol. The van der Waals surface area contributed by atoms with Crippen LogP contribution in [0.15, 0.2) is 54.6 Å². The highest BCUT2D eigenvalue weighted by Gasteiger charge is 2.38. The molecule has 1 aliphatic carbocycles. The molecule has 0 unspecified atom stereocenters. The van der Waals surface area contributed by atoms with Crippen molar-refractivity contribution in [2.75, 3.05) is 11.9 Å². The molecule has 2 aliphatic rings. The maximum absolute atomic E-state index is 13.6. The maximum atomic E-state index is 13.6. The van der Waals surface area contributed by atoms with Crippen molar-refractivity contribution in [1.29, 1.82) is 0 Å². The second kappa shape index (κ2) is 5.73. The lowest BCUT2D eigenvalue weighted by Crippen LogP contribution is -2.29. The van der Waals surface area contributed by atoms with Gasteiger partial charge in [0, 0.05) is 11.6 Å². The van der Waals surface area contributed by atoms with E-state index >= 15 is 0 Å². The SMILES string of the molecule is CCOc1ccc2c(c1)[C@@H]1C=CC[C@@H]1[C@H](c1cccc(F)c1)N2. The van der Waals surface area contributed by atoms with Gasteiger partial charge in [-0.15, -0.1) is 0 Å². The van der Waals surface area contributed by atoms with Crippen molar-refractivity contribution in [2.24, 2.45) is 5.92 Å². The van der Waals surface area contributed by atoms with Crippen LogP contribution in [0.25, 0.3) is 0 Å². The van der Waals surface area contributed by atoms with Crippen molar-refractivity contribution in [1.82, 2.24) is 0 Å². The van der Waals surface area contributed by atoms with E-state index in [-0.39, 0.29) is 11.9 Å². The Morgan fingerprint density at radius 1 is 1.22 bits per heavy atom.